The van der Waals surface area contributed by atoms with Gasteiger partial charge in [-0.05, 0) is 6.42 Å². The second-order valence-electron chi connectivity index (χ2n) is 4.81. The van der Waals surface area contributed by atoms with E-state index in [2.05, 4.69) is 27.8 Å². The van der Waals surface area contributed by atoms with E-state index < -0.39 is 11.8 Å². The Labute approximate surface area is 115 Å². The van der Waals surface area contributed by atoms with Crippen LogP contribution >= 0.6 is 0 Å². The van der Waals surface area contributed by atoms with Crippen LogP contribution in [-0.4, -0.2) is 62.5 Å². The molecule has 110 valence electrons. The minimum atomic E-state index is -0.522. The summed E-state index contributed by atoms with van der Waals surface area (Å²) in [5.41, 5.74) is 0. The molecule has 0 spiro atoms. The van der Waals surface area contributed by atoms with Gasteiger partial charge in [0, 0.05) is 45.8 Å². The topological polar surface area (TPSA) is 73.5 Å². The minimum absolute atomic E-state index is 0.517. The van der Waals surface area contributed by atoms with Crippen LogP contribution in [0.1, 0.15) is 26.2 Å². The number of unbranched alkanes of at least 4 members (excludes halogenated alkanes) is 2. The van der Waals surface area contributed by atoms with E-state index in [1.807, 2.05) is 0 Å². The van der Waals surface area contributed by atoms with Crippen LogP contribution in [0.4, 0.5) is 0 Å². The second kappa shape index (κ2) is 9.75. The van der Waals surface area contributed by atoms with Crippen molar-refractivity contribution in [2.45, 2.75) is 26.2 Å². The Morgan fingerprint density at radius 2 is 1.68 bits per heavy atom. The van der Waals surface area contributed by atoms with Gasteiger partial charge in [-0.3, -0.25) is 14.5 Å². The van der Waals surface area contributed by atoms with E-state index in [4.69, 9.17) is 0 Å². The number of rotatable bonds is 7. The van der Waals surface area contributed by atoms with Gasteiger partial charge in [0.1, 0.15) is 0 Å². The lowest BCUT2D eigenvalue weighted by Crippen LogP contribution is -2.47. The monoisotopic (exact) mass is 270 g/mol. The normalized spacial score (nSPS) is 16.1. The van der Waals surface area contributed by atoms with Gasteiger partial charge in [0.05, 0.1) is 0 Å². The number of hydrogen-bond acceptors (Lipinski definition) is 4. The molecule has 6 heteroatoms. The number of piperazine rings is 1. The molecule has 1 aliphatic heterocycles. The highest BCUT2D eigenvalue weighted by molar-refractivity contribution is 6.35. The minimum Gasteiger partial charge on any atom is -0.348 e. The summed E-state index contributed by atoms with van der Waals surface area (Å²) in [5.74, 6) is -1.04. The summed E-state index contributed by atoms with van der Waals surface area (Å²) in [5, 5.41) is 8.56. The summed E-state index contributed by atoms with van der Waals surface area (Å²) in [6.07, 6.45) is 3.11. The van der Waals surface area contributed by atoms with Crippen LogP contribution in [0.2, 0.25) is 0 Å². The van der Waals surface area contributed by atoms with E-state index in [1.54, 1.807) is 0 Å². The lowest BCUT2D eigenvalue weighted by molar-refractivity contribution is -0.139. The number of amides is 2. The molecule has 0 aliphatic carbocycles. The average molecular weight is 270 g/mol. The standard InChI is InChI=1S/C13H26N4O2/c1-2-3-4-5-15-12(18)13(19)16-8-11-17-9-6-14-7-10-17/h14H,2-11H2,1H3,(H,15,18)(H,16,19). The van der Waals surface area contributed by atoms with Gasteiger partial charge in [-0.2, -0.15) is 0 Å². The lowest BCUT2D eigenvalue weighted by Gasteiger charge is -2.26. The molecule has 0 radical (unpaired) electrons. The van der Waals surface area contributed by atoms with Gasteiger partial charge in [0.15, 0.2) is 0 Å². The van der Waals surface area contributed by atoms with E-state index in [1.165, 1.54) is 0 Å². The SMILES string of the molecule is CCCCCNC(=O)C(=O)NCCN1CCNCC1. The van der Waals surface area contributed by atoms with E-state index in [0.29, 0.717) is 13.1 Å². The Hall–Kier alpha value is -1.14. The highest BCUT2D eigenvalue weighted by Gasteiger charge is 2.13. The summed E-state index contributed by atoms with van der Waals surface area (Å²) in [6, 6.07) is 0. The first-order valence-corrected chi connectivity index (χ1v) is 7.23. The summed E-state index contributed by atoms with van der Waals surface area (Å²) >= 11 is 0. The molecular formula is C13H26N4O2. The molecular weight excluding hydrogens is 244 g/mol. The van der Waals surface area contributed by atoms with Gasteiger partial charge in [-0.15, -0.1) is 0 Å². The molecule has 0 aromatic rings. The zero-order chi connectivity index (χ0) is 13.9. The number of hydrogen-bond donors (Lipinski definition) is 3. The van der Waals surface area contributed by atoms with Crippen molar-refractivity contribution in [2.24, 2.45) is 0 Å². The maximum absolute atomic E-state index is 11.5. The lowest BCUT2D eigenvalue weighted by atomic mass is 10.2. The third-order valence-electron chi connectivity index (χ3n) is 3.20. The van der Waals surface area contributed by atoms with Gasteiger partial charge >= 0.3 is 11.8 Å². The molecule has 0 aromatic heterocycles. The predicted molar refractivity (Wildman–Crippen MR) is 74.9 cm³/mol. The molecule has 1 saturated heterocycles. The fourth-order valence-corrected chi connectivity index (χ4v) is 2.00. The molecule has 2 amide bonds. The van der Waals surface area contributed by atoms with Crippen molar-refractivity contribution in [3.63, 3.8) is 0 Å². The van der Waals surface area contributed by atoms with Gasteiger partial charge in [-0.25, -0.2) is 0 Å². The Balaban J connectivity index is 2.04. The molecule has 1 heterocycles. The molecule has 0 atom stereocenters. The number of carbonyl (C=O) groups is 2. The maximum atomic E-state index is 11.5. The van der Waals surface area contributed by atoms with Crippen LogP contribution in [0, 0.1) is 0 Å². The zero-order valence-electron chi connectivity index (χ0n) is 11.8. The summed E-state index contributed by atoms with van der Waals surface area (Å²) in [7, 11) is 0. The van der Waals surface area contributed by atoms with Crippen LogP contribution in [0.15, 0.2) is 0 Å². The van der Waals surface area contributed by atoms with Crippen molar-refractivity contribution in [3.05, 3.63) is 0 Å². The van der Waals surface area contributed by atoms with Gasteiger partial charge in [0.25, 0.3) is 0 Å². The maximum Gasteiger partial charge on any atom is 0.309 e. The van der Waals surface area contributed by atoms with Crippen molar-refractivity contribution in [1.29, 1.82) is 0 Å². The first-order valence-electron chi connectivity index (χ1n) is 7.23. The molecule has 0 saturated carbocycles. The molecule has 19 heavy (non-hydrogen) atoms. The molecule has 1 rings (SSSR count). The Morgan fingerprint density at radius 1 is 1.05 bits per heavy atom. The van der Waals surface area contributed by atoms with Gasteiger partial charge < -0.3 is 16.0 Å². The van der Waals surface area contributed by atoms with Crippen molar-refractivity contribution >= 4 is 11.8 Å². The zero-order valence-corrected chi connectivity index (χ0v) is 11.8. The van der Waals surface area contributed by atoms with Crippen molar-refractivity contribution in [2.75, 3.05) is 45.8 Å². The summed E-state index contributed by atoms with van der Waals surface area (Å²) in [6.45, 7) is 8.00. The van der Waals surface area contributed by atoms with Crippen LogP contribution in [0.3, 0.4) is 0 Å². The van der Waals surface area contributed by atoms with E-state index in [0.717, 1.165) is 52.0 Å². The highest BCUT2D eigenvalue weighted by Crippen LogP contribution is 1.91. The predicted octanol–water partition coefficient (Wildman–Crippen LogP) is -0.686. The number of nitrogens with one attached hydrogen (secondary N) is 3. The van der Waals surface area contributed by atoms with E-state index >= 15 is 0 Å². The fraction of sp³-hybridized carbons (Fsp3) is 0.846. The number of nitrogens with zero attached hydrogens (tertiary/aromatic N) is 1. The van der Waals surface area contributed by atoms with Crippen LogP contribution in [0.25, 0.3) is 0 Å². The Bertz CT molecular complexity index is 278. The van der Waals surface area contributed by atoms with Gasteiger partial charge in [0.2, 0.25) is 0 Å². The quantitative estimate of drug-likeness (QED) is 0.423. The van der Waals surface area contributed by atoms with Crippen molar-refractivity contribution in [3.8, 4) is 0 Å². The summed E-state index contributed by atoms with van der Waals surface area (Å²) < 4.78 is 0. The number of carbonyl (C=O) groups excluding carboxylic acids is 2. The largest absolute Gasteiger partial charge is 0.348 e. The molecule has 3 N–H and O–H groups in total. The molecule has 0 aromatic carbocycles. The highest BCUT2D eigenvalue weighted by atomic mass is 16.2. The fourth-order valence-electron chi connectivity index (χ4n) is 2.00. The molecule has 6 nitrogen and oxygen atoms in total. The third kappa shape index (κ3) is 7.12. The molecule has 0 bridgehead atoms. The van der Waals surface area contributed by atoms with E-state index in [9.17, 15) is 9.59 Å². The van der Waals surface area contributed by atoms with Crippen molar-refractivity contribution in [1.82, 2.24) is 20.9 Å². The average Bonchev–Trinajstić information content (AvgIpc) is 2.44. The first kappa shape index (κ1) is 15.9. The Morgan fingerprint density at radius 3 is 2.32 bits per heavy atom. The van der Waals surface area contributed by atoms with Gasteiger partial charge in [-0.1, -0.05) is 19.8 Å². The molecule has 1 fully saturated rings. The van der Waals surface area contributed by atoms with Crippen LogP contribution in [-0.2, 0) is 9.59 Å². The summed E-state index contributed by atoms with van der Waals surface area (Å²) in [4.78, 5) is 25.2. The second-order valence-corrected chi connectivity index (χ2v) is 4.81. The molecule has 1 aliphatic rings. The van der Waals surface area contributed by atoms with E-state index in [-0.39, 0.29) is 0 Å². The van der Waals surface area contributed by atoms with Crippen LogP contribution in [0.5, 0.6) is 0 Å². The van der Waals surface area contributed by atoms with Crippen molar-refractivity contribution < 1.29 is 9.59 Å². The third-order valence-corrected chi connectivity index (χ3v) is 3.20. The molecule has 0 unspecified atom stereocenters. The van der Waals surface area contributed by atoms with Crippen LogP contribution < -0.4 is 16.0 Å². The smallest absolute Gasteiger partial charge is 0.309 e. The first-order chi connectivity index (χ1) is 9.24. The Kier molecular flexibility index (Phi) is 8.16.